The van der Waals surface area contributed by atoms with Crippen LogP contribution in [0.25, 0.3) is 0 Å². The van der Waals surface area contributed by atoms with Crippen LogP contribution in [0.3, 0.4) is 0 Å². The van der Waals surface area contributed by atoms with E-state index in [2.05, 4.69) is 4.72 Å². The SMILES string of the molecule is COc1ccc(S(=O)(=O)Nc2ccc3c(c2)N(C(=O)c2ccco2)CCC3)c(OC)c1. The number of methoxy groups -OCH3 is 2. The fourth-order valence-corrected chi connectivity index (χ4v) is 4.79. The van der Waals surface area contributed by atoms with Gasteiger partial charge < -0.3 is 18.8 Å². The normalized spacial score (nSPS) is 13.4. The van der Waals surface area contributed by atoms with Crippen molar-refractivity contribution < 1.29 is 27.1 Å². The molecular formula is C22H22N2O6S. The van der Waals surface area contributed by atoms with Crippen LogP contribution in [0.2, 0.25) is 0 Å². The highest BCUT2D eigenvalue weighted by Gasteiger charge is 2.27. The molecule has 1 amide bonds. The Labute approximate surface area is 180 Å². The average molecular weight is 442 g/mol. The van der Waals surface area contributed by atoms with Gasteiger partial charge in [-0.3, -0.25) is 9.52 Å². The number of hydrogen-bond donors (Lipinski definition) is 1. The number of benzene rings is 2. The summed E-state index contributed by atoms with van der Waals surface area (Å²) in [7, 11) is -1.06. The molecule has 9 heteroatoms. The molecule has 1 aliphatic heterocycles. The zero-order valence-electron chi connectivity index (χ0n) is 17.1. The molecule has 162 valence electrons. The second-order valence-electron chi connectivity index (χ2n) is 7.00. The lowest BCUT2D eigenvalue weighted by molar-refractivity contribution is 0.0958. The fourth-order valence-electron chi connectivity index (χ4n) is 3.59. The summed E-state index contributed by atoms with van der Waals surface area (Å²) in [5, 5.41) is 0. The number of aryl methyl sites for hydroxylation is 1. The van der Waals surface area contributed by atoms with E-state index < -0.39 is 10.0 Å². The van der Waals surface area contributed by atoms with E-state index in [4.69, 9.17) is 13.9 Å². The average Bonchev–Trinajstić information content (AvgIpc) is 3.32. The molecule has 0 bridgehead atoms. The minimum absolute atomic E-state index is 0.0166. The summed E-state index contributed by atoms with van der Waals surface area (Å²) in [6.45, 7) is 0.523. The Kier molecular flexibility index (Phi) is 5.60. The number of hydrogen-bond acceptors (Lipinski definition) is 6. The molecule has 0 spiro atoms. The molecule has 1 N–H and O–H groups in total. The summed E-state index contributed by atoms with van der Waals surface area (Å²) >= 11 is 0. The number of nitrogens with zero attached hydrogens (tertiary/aromatic N) is 1. The first-order valence-electron chi connectivity index (χ1n) is 9.66. The van der Waals surface area contributed by atoms with E-state index in [0.717, 1.165) is 18.4 Å². The van der Waals surface area contributed by atoms with Crippen LogP contribution >= 0.6 is 0 Å². The van der Waals surface area contributed by atoms with Crippen molar-refractivity contribution in [1.29, 1.82) is 0 Å². The van der Waals surface area contributed by atoms with Gasteiger partial charge in [-0.25, -0.2) is 8.42 Å². The van der Waals surface area contributed by atoms with Gasteiger partial charge in [-0.15, -0.1) is 0 Å². The van der Waals surface area contributed by atoms with Gasteiger partial charge in [-0.05, 0) is 54.8 Å². The number of sulfonamides is 1. The van der Waals surface area contributed by atoms with Gasteiger partial charge in [0.2, 0.25) is 0 Å². The van der Waals surface area contributed by atoms with E-state index in [1.165, 1.54) is 32.6 Å². The standard InChI is InChI=1S/C22H22N2O6S/c1-28-17-9-10-21(20(14-17)29-2)31(26,27)23-16-8-7-15-5-3-11-24(18(15)13-16)22(25)19-6-4-12-30-19/h4,6-10,12-14,23H,3,5,11H2,1-2H3. The van der Waals surface area contributed by atoms with Gasteiger partial charge in [0, 0.05) is 18.3 Å². The van der Waals surface area contributed by atoms with Crippen molar-refractivity contribution in [3.63, 3.8) is 0 Å². The van der Waals surface area contributed by atoms with Crippen LogP contribution in [0.15, 0.2) is 64.1 Å². The monoisotopic (exact) mass is 442 g/mol. The summed E-state index contributed by atoms with van der Waals surface area (Å²) in [4.78, 5) is 14.4. The first-order chi connectivity index (χ1) is 14.9. The number of fused-ring (bicyclic) bond motifs is 1. The molecule has 8 nitrogen and oxygen atoms in total. The van der Waals surface area contributed by atoms with Crippen molar-refractivity contribution in [3.05, 3.63) is 66.1 Å². The van der Waals surface area contributed by atoms with Gasteiger partial charge in [-0.1, -0.05) is 6.07 Å². The predicted molar refractivity (Wildman–Crippen MR) is 116 cm³/mol. The Morgan fingerprint density at radius 3 is 2.65 bits per heavy atom. The molecular weight excluding hydrogens is 420 g/mol. The maximum Gasteiger partial charge on any atom is 0.293 e. The van der Waals surface area contributed by atoms with E-state index in [1.54, 1.807) is 35.2 Å². The topological polar surface area (TPSA) is 98.1 Å². The molecule has 0 fully saturated rings. The smallest absolute Gasteiger partial charge is 0.293 e. The van der Waals surface area contributed by atoms with Crippen molar-refractivity contribution >= 4 is 27.3 Å². The largest absolute Gasteiger partial charge is 0.497 e. The summed E-state index contributed by atoms with van der Waals surface area (Å²) in [6, 6.07) is 12.9. The molecule has 0 saturated heterocycles. The van der Waals surface area contributed by atoms with Crippen molar-refractivity contribution in [2.45, 2.75) is 17.7 Å². The van der Waals surface area contributed by atoms with Crippen LogP contribution in [0.1, 0.15) is 22.5 Å². The van der Waals surface area contributed by atoms with E-state index in [-0.39, 0.29) is 22.3 Å². The molecule has 4 rings (SSSR count). The number of furan rings is 1. The molecule has 0 saturated carbocycles. The Bertz CT molecular complexity index is 1200. The third kappa shape index (κ3) is 4.09. The van der Waals surface area contributed by atoms with Crippen molar-refractivity contribution in [2.75, 3.05) is 30.4 Å². The molecule has 31 heavy (non-hydrogen) atoms. The first-order valence-corrected chi connectivity index (χ1v) is 11.1. The van der Waals surface area contributed by atoms with E-state index in [1.807, 2.05) is 6.07 Å². The Hall–Kier alpha value is -3.46. The van der Waals surface area contributed by atoms with Gasteiger partial charge in [0.05, 0.1) is 26.2 Å². The molecule has 0 radical (unpaired) electrons. The zero-order chi connectivity index (χ0) is 22.0. The number of carbonyl (C=O) groups is 1. The minimum Gasteiger partial charge on any atom is -0.497 e. The summed E-state index contributed by atoms with van der Waals surface area (Å²) < 4.78 is 44.2. The van der Waals surface area contributed by atoms with Crippen LogP contribution in [0, 0.1) is 0 Å². The fraction of sp³-hybridized carbons (Fsp3) is 0.227. The number of ether oxygens (including phenoxy) is 2. The van der Waals surface area contributed by atoms with Gasteiger partial charge in [0.25, 0.3) is 15.9 Å². The van der Waals surface area contributed by atoms with E-state index in [9.17, 15) is 13.2 Å². The molecule has 0 unspecified atom stereocenters. The zero-order valence-corrected chi connectivity index (χ0v) is 17.9. The Balaban J connectivity index is 1.66. The van der Waals surface area contributed by atoms with Crippen molar-refractivity contribution in [2.24, 2.45) is 0 Å². The highest BCUT2D eigenvalue weighted by molar-refractivity contribution is 7.92. The molecule has 1 aliphatic rings. The number of amides is 1. The summed E-state index contributed by atoms with van der Waals surface area (Å²) in [5.41, 5.74) is 1.97. The third-order valence-electron chi connectivity index (χ3n) is 5.09. The molecule has 0 aliphatic carbocycles. The van der Waals surface area contributed by atoms with Crippen LogP contribution in [0.5, 0.6) is 11.5 Å². The van der Waals surface area contributed by atoms with Crippen LogP contribution in [0.4, 0.5) is 11.4 Å². The Morgan fingerprint density at radius 2 is 1.94 bits per heavy atom. The molecule has 0 atom stereocenters. The third-order valence-corrected chi connectivity index (χ3v) is 6.51. The van der Waals surface area contributed by atoms with Crippen LogP contribution in [-0.4, -0.2) is 35.1 Å². The Morgan fingerprint density at radius 1 is 1.10 bits per heavy atom. The highest BCUT2D eigenvalue weighted by atomic mass is 32.2. The van der Waals surface area contributed by atoms with Crippen molar-refractivity contribution in [3.8, 4) is 11.5 Å². The molecule has 3 aromatic rings. The van der Waals surface area contributed by atoms with Crippen LogP contribution in [-0.2, 0) is 16.4 Å². The quantitative estimate of drug-likeness (QED) is 0.625. The van der Waals surface area contributed by atoms with Gasteiger partial charge in [0.1, 0.15) is 16.4 Å². The number of nitrogens with one attached hydrogen (secondary N) is 1. The first kappa shape index (κ1) is 20.8. The number of carbonyl (C=O) groups excluding carboxylic acids is 1. The molecule has 1 aromatic heterocycles. The molecule has 2 aromatic carbocycles. The second-order valence-corrected chi connectivity index (χ2v) is 8.65. The highest BCUT2D eigenvalue weighted by Crippen LogP contribution is 2.34. The van der Waals surface area contributed by atoms with Gasteiger partial charge in [-0.2, -0.15) is 0 Å². The maximum atomic E-state index is 13.0. The summed E-state index contributed by atoms with van der Waals surface area (Å²) in [6.07, 6.45) is 3.06. The minimum atomic E-state index is -3.94. The van der Waals surface area contributed by atoms with Gasteiger partial charge >= 0.3 is 0 Å². The number of anilines is 2. The lowest BCUT2D eigenvalue weighted by Gasteiger charge is -2.29. The van der Waals surface area contributed by atoms with Crippen LogP contribution < -0.4 is 19.1 Å². The molecule has 2 heterocycles. The predicted octanol–water partition coefficient (Wildman–Crippen LogP) is 3.69. The second kappa shape index (κ2) is 8.35. The lowest BCUT2D eigenvalue weighted by Crippen LogP contribution is -2.35. The van der Waals surface area contributed by atoms with E-state index in [0.29, 0.717) is 23.7 Å². The summed E-state index contributed by atoms with van der Waals surface area (Å²) in [5.74, 6) is 0.626. The lowest BCUT2D eigenvalue weighted by atomic mass is 10.0. The maximum absolute atomic E-state index is 13.0. The van der Waals surface area contributed by atoms with E-state index >= 15 is 0 Å². The van der Waals surface area contributed by atoms with Crippen molar-refractivity contribution in [1.82, 2.24) is 0 Å². The number of rotatable bonds is 6. The van der Waals surface area contributed by atoms with Gasteiger partial charge in [0.15, 0.2) is 5.76 Å².